The zero-order chi connectivity index (χ0) is 19.5. The Morgan fingerprint density at radius 2 is 1.50 bits per heavy atom. The third kappa shape index (κ3) is 4.32. The summed E-state index contributed by atoms with van der Waals surface area (Å²) in [6.07, 6.45) is 0. The van der Waals surface area contributed by atoms with E-state index in [9.17, 15) is 16.8 Å². The number of nitrogens with zero attached hydrogens (tertiary/aromatic N) is 1. The molecule has 0 heterocycles. The molecule has 2 aromatic rings. The highest BCUT2D eigenvalue weighted by atomic mass is 35.5. The number of hydrogen-bond acceptors (Lipinski definition) is 4. The molecule has 1 N–H and O–H groups in total. The van der Waals surface area contributed by atoms with Gasteiger partial charge in [0.1, 0.15) is 4.90 Å². The number of anilines is 1. The Kier molecular flexibility index (Phi) is 6.57. The molecule has 0 fully saturated rings. The van der Waals surface area contributed by atoms with Crippen molar-refractivity contribution < 1.29 is 16.8 Å². The van der Waals surface area contributed by atoms with Crippen LogP contribution in [0.5, 0.6) is 0 Å². The molecule has 0 aromatic heterocycles. The van der Waals surface area contributed by atoms with E-state index in [1.807, 2.05) is 0 Å². The molecule has 0 unspecified atom stereocenters. The van der Waals surface area contributed by atoms with Crippen molar-refractivity contribution in [2.45, 2.75) is 23.6 Å². The van der Waals surface area contributed by atoms with Gasteiger partial charge in [0.25, 0.3) is 10.0 Å². The van der Waals surface area contributed by atoms with Crippen LogP contribution < -0.4 is 4.72 Å². The summed E-state index contributed by atoms with van der Waals surface area (Å²) < 4.78 is 53.5. The smallest absolute Gasteiger partial charge is 0.263 e. The second kappa shape index (κ2) is 8.14. The van der Waals surface area contributed by atoms with E-state index in [1.54, 1.807) is 13.8 Å². The lowest BCUT2D eigenvalue weighted by atomic mass is 10.3. The standard InChI is InChI=1S/C16H18Cl2N2O4S2/c1-3-20(4-2)26(23,24)13-10-8-12(9-11-13)19-25(21,22)15-7-5-6-14(17)16(15)18/h5-11,19H,3-4H2,1-2H3. The first kappa shape index (κ1) is 21.0. The van der Waals surface area contributed by atoms with Gasteiger partial charge in [-0.25, -0.2) is 16.8 Å². The van der Waals surface area contributed by atoms with Crippen molar-refractivity contribution in [2.75, 3.05) is 17.8 Å². The summed E-state index contributed by atoms with van der Waals surface area (Å²) in [6, 6.07) is 9.75. The second-order valence-corrected chi connectivity index (χ2v) is 9.65. The van der Waals surface area contributed by atoms with Crippen molar-refractivity contribution in [1.29, 1.82) is 0 Å². The summed E-state index contributed by atoms with van der Waals surface area (Å²) >= 11 is 11.8. The molecule has 0 aliphatic rings. The van der Waals surface area contributed by atoms with Crippen molar-refractivity contribution in [3.05, 3.63) is 52.5 Å². The van der Waals surface area contributed by atoms with Crippen molar-refractivity contribution in [1.82, 2.24) is 4.31 Å². The molecule has 0 atom stereocenters. The van der Waals surface area contributed by atoms with E-state index >= 15 is 0 Å². The van der Waals surface area contributed by atoms with E-state index in [1.165, 1.54) is 46.8 Å². The lowest BCUT2D eigenvalue weighted by Gasteiger charge is -2.18. The minimum absolute atomic E-state index is 0.0811. The predicted octanol–water partition coefficient (Wildman–Crippen LogP) is 3.82. The van der Waals surface area contributed by atoms with Crippen LogP contribution in [0.3, 0.4) is 0 Å². The van der Waals surface area contributed by atoms with Crippen molar-refractivity contribution in [3.8, 4) is 0 Å². The molecule has 0 aliphatic heterocycles. The van der Waals surface area contributed by atoms with Crippen molar-refractivity contribution in [3.63, 3.8) is 0 Å². The highest BCUT2D eigenvalue weighted by Crippen LogP contribution is 2.30. The van der Waals surface area contributed by atoms with E-state index in [4.69, 9.17) is 23.2 Å². The van der Waals surface area contributed by atoms with Crippen molar-refractivity contribution >= 4 is 48.9 Å². The number of rotatable bonds is 7. The van der Waals surface area contributed by atoms with Crippen LogP contribution in [0, 0.1) is 0 Å². The molecular weight excluding hydrogens is 419 g/mol. The molecule has 0 saturated heterocycles. The maximum atomic E-state index is 12.5. The van der Waals surface area contributed by atoms with E-state index in [0.717, 1.165) is 0 Å². The first-order valence-electron chi connectivity index (χ1n) is 7.70. The molecule has 10 heteroatoms. The third-order valence-corrected chi connectivity index (χ3v) is 8.07. The lowest BCUT2D eigenvalue weighted by molar-refractivity contribution is 0.445. The quantitative estimate of drug-likeness (QED) is 0.714. The molecular formula is C16H18Cl2N2O4S2. The zero-order valence-electron chi connectivity index (χ0n) is 14.1. The fourth-order valence-electron chi connectivity index (χ4n) is 2.31. The van der Waals surface area contributed by atoms with Crippen LogP contribution in [0.15, 0.2) is 52.3 Å². The van der Waals surface area contributed by atoms with Gasteiger partial charge in [-0.2, -0.15) is 4.31 Å². The van der Waals surface area contributed by atoms with Gasteiger partial charge in [-0.05, 0) is 36.4 Å². The van der Waals surface area contributed by atoms with Gasteiger partial charge in [-0.1, -0.05) is 43.1 Å². The molecule has 6 nitrogen and oxygen atoms in total. The van der Waals surface area contributed by atoms with Crippen LogP contribution in [0.4, 0.5) is 5.69 Å². The van der Waals surface area contributed by atoms with Crippen LogP contribution >= 0.6 is 23.2 Å². The van der Waals surface area contributed by atoms with E-state index in [-0.39, 0.29) is 25.5 Å². The van der Waals surface area contributed by atoms with Crippen LogP contribution in [0.2, 0.25) is 10.0 Å². The van der Waals surface area contributed by atoms with Crippen molar-refractivity contribution in [2.24, 2.45) is 0 Å². The molecule has 0 spiro atoms. The molecule has 0 radical (unpaired) electrons. The Balaban J connectivity index is 2.31. The summed E-state index contributed by atoms with van der Waals surface area (Å²) in [4.78, 5) is -0.0727. The van der Waals surface area contributed by atoms with E-state index < -0.39 is 20.0 Å². The summed E-state index contributed by atoms with van der Waals surface area (Å²) in [5.74, 6) is 0. The van der Waals surface area contributed by atoms with E-state index in [0.29, 0.717) is 13.1 Å². The van der Waals surface area contributed by atoms with Gasteiger partial charge in [0.05, 0.1) is 14.9 Å². The summed E-state index contributed by atoms with van der Waals surface area (Å²) in [7, 11) is -7.58. The monoisotopic (exact) mass is 436 g/mol. The molecule has 142 valence electrons. The van der Waals surface area contributed by atoms with Gasteiger partial charge < -0.3 is 0 Å². The maximum absolute atomic E-state index is 12.5. The Labute approximate surface area is 163 Å². The van der Waals surface area contributed by atoms with Gasteiger partial charge >= 0.3 is 0 Å². The number of benzene rings is 2. The fourth-order valence-corrected chi connectivity index (χ4v) is 5.59. The molecule has 2 rings (SSSR count). The Morgan fingerprint density at radius 1 is 0.923 bits per heavy atom. The Bertz CT molecular complexity index is 987. The van der Waals surface area contributed by atoms with Crippen LogP contribution in [0.25, 0.3) is 0 Å². The molecule has 2 aromatic carbocycles. The topological polar surface area (TPSA) is 83.6 Å². The van der Waals surface area contributed by atoms with Crippen LogP contribution in [-0.2, 0) is 20.0 Å². The minimum Gasteiger partial charge on any atom is -0.280 e. The Morgan fingerprint density at radius 3 is 2.04 bits per heavy atom. The largest absolute Gasteiger partial charge is 0.280 e. The molecule has 0 amide bonds. The maximum Gasteiger partial charge on any atom is 0.263 e. The molecule has 0 saturated carbocycles. The lowest BCUT2D eigenvalue weighted by Crippen LogP contribution is -2.30. The predicted molar refractivity (Wildman–Crippen MR) is 104 cm³/mol. The minimum atomic E-state index is -3.97. The SMILES string of the molecule is CCN(CC)S(=O)(=O)c1ccc(NS(=O)(=O)c2cccc(Cl)c2Cl)cc1. The first-order chi connectivity index (χ1) is 12.1. The number of hydrogen-bond donors (Lipinski definition) is 1. The second-order valence-electron chi connectivity index (χ2n) is 5.27. The number of sulfonamides is 2. The van der Waals surface area contributed by atoms with Gasteiger partial charge in [0, 0.05) is 18.8 Å². The fraction of sp³-hybridized carbons (Fsp3) is 0.250. The van der Waals surface area contributed by atoms with Gasteiger partial charge in [0.2, 0.25) is 10.0 Å². The molecule has 26 heavy (non-hydrogen) atoms. The summed E-state index contributed by atoms with van der Waals surface area (Å²) in [5, 5.41) is 0.0394. The average Bonchev–Trinajstić information content (AvgIpc) is 2.58. The summed E-state index contributed by atoms with van der Waals surface area (Å²) in [6.45, 7) is 4.19. The summed E-state index contributed by atoms with van der Waals surface area (Å²) in [5.41, 5.74) is 0.208. The van der Waals surface area contributed by atoms with Gasteiger partial charge in [-0.15, -0.1) is 0 Å². The number of halogens is 2. The molecule has 0 aliphatic carbocycles. The van der Waals surface area contributed by atoms with Crippen LogP contribution in [-0.4, -0.2) is 34.2 Å². The highest BCUT2D eigenvalue weighted by Gasteiger charge is 2.23. The van der Waals surface area contributed by atoms with Crippen LogP contribution in [0.1, 0.15) is 13.8 Å². The highest BCUT2D eigenvalue weighted by molar-refractivity contribution is 7.92. The van der Waals surface area contributed by atoms with Gasteiger partial charge in [0.15, 0.2) is 0 Å². The average molecular weight is 437 g/mol. The first-order valence-corrected chi connectivity index (χ1v) is 11.4. The zero-order valence-corrected chi connectivity index (χ0v) is 17.3. The third-order valence-electron chi connectivity index (χ3n) is 3.66. The number of nitrogens with one attached hydrogen (secondary N) is 1. The Hall–Kier alpha value is -1.32. The molecule has 0 bridgehead atoms. The normalized spacial score (nSPS) is 12.3. The van der Waals surface area contributed by atoms with Gasteiger partial charge in [-0.3, -0.25) is 4.72 Å². The van der Waals surface area contributed by atoms with E-state index in [2.05, 4.69) is 4.72 Å².